The van der Waals surface area contributed by atoms with Crippen LogP contribution in [0.5, 0.6) is 0 Å². The number of nitrogens with two attached hydrogens (primary N) is 1. The molecule has 19 heavy (non-hydrogen) atoms. The van der Waals surface area contributed by atoms with E-state index in [4.69, 9.17) is 10.5 Å². The van der Waals surface area contributed by atoms with Gasteiger partial charge in [-0.2, -0.15) is 0 Å². The van der Waals surface area contributed by atoms with Gasteiger partial charge in [0.2, 0.25) is 5.91 Å². The molecule has 0 aromatic heterocycles. The zero-order valence-corrected chi connectivity index (χ0v) is 12.4. The Labute approximate surface area is 116 Å². The van der Waals surface area contributed by atoms with Crippen LogP contribution in [0, 0.1) is 5.41 Å². The van der Waals surface area contributed by atoms with Gasteiger partial charge in [-0.15, -0.1) is 0 Å². The summed E-state index contributed by atoms with van der Waals surface area (Å²) >= 11 is 0. The number of likely N-dealkylation sites (tertiary alicyclic amines) is 1. The average molecular weight is 269 g/mol. The number of ether oxygens (including phenoxy) is 1. The molecule has 2 atom stereocenters. The highest BCUT2D eigenvalue weighted by Crippen LogP contribution is 2.28. The van der Waals surface area contributed by atoms with Crippen LogP contribution in [0.1, 0.15) is 27.2 Å². The summed E-state index contributed by atoms with van der Waals surface area (Å²) in [6.45, 7) is 11.0. The summed E-state index contributed by atoms with van der Waals surface area (Å²) < 4.78 is 5.34. The molecule has 2 aliphatic rings. The predicted octanol–water partition coefficient (Wildman–Crippen LogP) is 0.293. The third kappa shape index (κ3) is 3.27. The summed E-state index contributed by atoms with van der Waals surface area (Å²) in [7, 11) is 0. The number of rotatable bonds is 2. The van der Waals surface area contributed by atoms with Crippen LogP contribution in [0.4, 0.5) is 0 Å². The zero-order valence-electron chi connectivity index (χ0n) is 12.4. The van der Waals surface area contributed by atoms with Gasteiger partial charge in [0.1, 0.15) is 0 Å². The van der Waals surface area contributed by atoms with E-state index in [0.717, 1.165) is 45.8 Å². The molecule has 110 valence electrons. The molecule has 0 aromatic rings. The van der Waals surface area contributed by atoms with Crippen molar-refractivity contribution >= 4 is 5.91 Å². The van der Waals surface area contributed by atoms with Crippen molar-refractivity contribution < 1.29 is 9.53 Å². The lowest BCUT2D eigenvalue weighted by Gasteiger charge is -2.44. The molecule has 2 rings (SSSR count). The Bertz CT molecular complexity index is 327. The van der Waals surface area contributed by atoms with Crippen molar-refractivity contribution in [2.45, 2.75) is 39.3 Å². The maximum Gasteiger partial charge on any atom is 0.239 e. The van der Waals surface area contributed by atoms with Gasteiger partial charge in [0.05, 0.1) is 19.3 Å². The summed E-state index contributed by atoms with van der Waals surface area (Å²) in [5.74, 6) is 0.238. The summed E-state index contributed by atoms with van der Waals surface area (Å²) in [4.78, 5) is 16.8. The van der Waals surface area contributed by atoms with Crippen molar-refractivity contribution in [1.82, 2.24) is 9.80 Å². The molecule has 2 unspecified atom stereocenters. The maximum absolute atomic E-state index is 12.6. The number of carbonyl (C=O) groups is 1. The summed E-state index contributed by atoms with van der Waals surface area (Å²) in [6, 6.07) is 0.143. The molecule has 0 aliphatic carbocycles. The highest BCUT2D eigenvalue weighted by atomic mass is 16.5. The Hall–Kier alpha value is -0.650. The van der Waals surface area contributed by atoms with E-state index in [2.05, 4.69) is 18.7 Å². The second-order valence-electron chi connectivity index (χ2n) is 6.47. The van der Waals surface area contributed by atoms with E-state index in [1.807, 2.05) is 11.8 Å². The highest BCUT2D eigenvalue weighted by Gasteiger charge is 2.37. The number of amides is 1. The van der Waals surface area contributed by atoms with Crippen LogP contribution in [0.15, 0.2) is 0 Å². The van der Waals surface area contributed by atoms with Crippen LogP contribution in [-0.4, -0.2) is 67.2 Å². The van der Waals surface area contributed by atoms with Crippen molar-refractivity contribution in [1.29, 1.82) is 0 Å². The largest absolute Gasteiger partial charge is 0.379 e. The van der Waals surface area contributed by atoms with Crippen LogP contribution in [0.3, 0.4) is 0 Å². The monoisotopic (exact) mass is 269 g/mol. The van der Waals surface area contributed by atoms with Gasteiger partial charge in [0.25, 0.3) is 0 Å². The Balaban J connectivity index is 1.95. The van der Waals surface area contributed by atoms with E-state index >= 15 is 0 Å². The van der Waals surface area contributed by atoms with Gasteiger partial charge in [0.15, 0.2) is 0 Å². The fraction of sp³-hybridized carbons (Fsp3) is 0.929. The van der Waals surface area contributed by atoms with Gasteiger partial charge >= 0.3 is 0 Å². The SMILES string of the molecule is CC(C(=O)N1CCC(N)C(C)(C)C1)N1CCOCC1. The first kappa shape index (κ1) is 14.8. The zero-order chi connectivity index (χ0) is 14.0. The average Bonchev–Trinajstić information content (AvgIpc) is 2.41. The van der Waals surface area contributed by atoms with Crippen molar-refractivity contribution in [2.75, 3.05) is 39.4 Å². The number of hydrogen-bond donors (Lipinski definition) is 1. The molecule has 5 heteroatoms. The van der Waals surface area contributed by atoms with E-state index < -0.39 is 0 Å². The van der Waals surface area contributed by atoms with Gasteiger partial charge in [-0.3, -0.25) is 9.69 Å². The van der Waals surface area contributed by atoms with E-state index in [9.17, 15) is 4.79 Å². The van der Waals surface area contributed by atoms with Crippen molar-refractivity contribution in [3.63, 3.8) is 0 Å². The smallest absolute Gasteiger partial charge is 0.239 e. The molecule has 1 amide bonds. The van der Waals surface area contributed by atoms with Crippen LogP contribution in [-0.2, 0) is 9.53 Å². The molecule has 2 aliphatic heterocycles. The second-order valence-corrected chi connectivity index (χ2v) is 6.47. The molecular weight excluding hydrogens is 242 g/mol. The molecule has 2 fully saturated rings. The van der Waals surface area contributed by atoms with Gasteiger partial charge in [0, 0.05) is 32.2 Å². The van der Waals surface area contributed by atoms with E-state index in [-0.39, 0.29) is 23.4 Å². The van der Waals surface area contributed by atoms with E-state index in [1.54, 1.807) is 0 Å². The lowest BCUT2D eigenvalue weighted by molar-refractivity contribution is -0.141. The molecule has 2 heterocycles. The first-order valence-electron chi connectivity index (χ1n) is 7.28. The molecule has 5 nitrogen and oxygen atoms in total. The van der Waals surface area contributed by atoms with E-state index in [1.165, 1.54) is 0 Å². The molecule has 0 radical (unpaired) electrons. The summed E-state index contributed by atoms with van der Waals surface area (Å²) in [5.41, 5.74) is 6.14. The van der Waals surface area contributed by atoms with Crippen LogP contribution in [0.25, 0.3) is 0 Å². The molecule has 2 saturated heterocycles. The Morgan fingerprint density at radius 1 is 1.32 bits per heavy atom. The van der Waals surface area contributed by atoms with Crippen LogP contribution in [0.2, 0.25) is 0 Å². The van der Waals surface area contributed by atoms with Crippen molar-refractivity contribution in [3.05, 3.63) is 0 Å². The lowest BCUT2D eigenvalue weighted by Crippen LogP contribution is -2.58. The second kappa shape index (κ2) is 5.77. The number of carbonyl (C=O) groups excluding carboxylic acids is 1. The minimum Gasteiger partial charge on any atom is -0.379 e. The topological polar surface area (TPSA) is 58.8 Å². The lowest BCUT2D eigenvalue weighted by atomic mass is 9.79. The third-order valence-corrected chi connectivity index (χ3v) is 4.57. The standard InChI is InChI=1S/C14H27N3O2/c1-11(16-6-8-19-9-7-16)13(18)17-5-4-12(15)14(2,3)10-17/h11-12H,4-10,15H2,1-3H3. The number of hydrogen-bond acceptors (Lipinski definition) is 4. The van der Waals surface area contributed by atoms with Crippen molar-refractivity contribution in [2.24, 2.45) is 11.1 Å². The molecule has 0 saturated carbocycles. The minimum atomic E-state index is -0.0472. The fourth-order valence-electron chi connectivity index (χ4n) is 2.95. The maximum atomic E-state index is 12.6. The predicted molar refractivity (Wildman–Crippen MR) is 74.8 cm³/mol. The van der Waals surface area contributed by atoms with Gasteiger partial charge < -0.3 is 15.4 Å². The highest BCUT2D eigenvalue weighted by molar-refractivity contribution is 5.81. The molecular formula is C14H27N3O2. The fourth-order valence-corrected chi connectivity index (χ4v) is 2.95. The first-order valence-corrected chi connectivity index (χ1v) is 7.28. The van der Waals surface area contributed by atoms with Crippen LogP contribution >= 0.6 is 0 Å². The van der Waals surface area contributed by atoms with Gasteiger partial charge in [-0.05, 0) is 18.8 Å². The normalized spacial score (nSPS) is 30.1. The van der Waals surface area contributed by atoms with Gasteiger partial charge in [-0.1, -0.05) is 13.8 Å². The molecule has 2 N–H and O–H groups in total. The first-order chi connectivity index (χ1) is 8.92. The quantitative estimate of drug-likeness (QED) is 0.783. The molecule has 0 bridgehead atoms. The Morgan fingerprint density at radius 2 is 1.95 bits per heavy atom. The Kier molecular flexibility index (Phi) is 4.48. The molecule has 0 spiro atoms. The molecule has 0 aromatic carbocycles. The summed E-state index contributed by atoms with van der Waals surface area (Å²) in [6.07, 6.45) is 0.897. The van der Waals surface area contributed by atoms with Crippen LogP contribution < -0.4 is 5.73 Å². The van der Waals surface area contributed by atoms with Crippen molar-refractivity contribution in [3.8, 4) is 0 Å². The third-order valence-electron chi connectivity index (χ3n) is 4.57. The summed E-state index contributed by atoms with van der Waals surface area (Å²) in [5, 5.41) is 0. The van der Waals surface area contributed by atoms with Gasteiger partial charge in [-0.25, -0.2) is 0 Å². The number of piperidine rings is 1. The Morgan fingerprint density at radius 3 is 2.53 bits per heavy atom. The number of morpholine rings is 1. The minimum absolute atomic E-state index is 0.0125. The van der Waals surface area contributed by atoms with E-state index in [0.29, 0.717) is 0 Å². The number of nitrogens with zero attached hydrogens (tertiary/aromatic N) is 2.